The van der Waals surface area contributed by atoms with Gasteiger partial charge in [0.1, 0.15) is 0 Å². The van der Waals surface area contributed by atoms with Gasteiger partial charge in [-0.1, -0.05) is 13.8 Å². The van der Waals surface area contributed by atoms with E-state index in [1.54, 1.807) is 4.68 Å². The largest absolute Gasteiger partial charge is 0.522 e. The molecular weight excluding hydrogens is 259 g/mol. The quantitative estimate of drug-likeness (QED) is 0.831. The van der Waals surface area contributed by atoms with Crippen molar-refractivity contribution in [1.29, 1.82) is 0 Å². The maximum Gasteiger partial charge on any atom is 0.522 e. The molecule has 0 aromatic carbocycles. The van der Waals surface area contributed by atoms with Crippen LogP contribution in [0, 0.1) is 0 Å². The van der Waals surface area contributed by atoms with Crippen molar-refractivity contribution in [2.45, 2.75) is 46.0 Å². The number of aryl methyl sites for hydroxylation is 1. The minimum absolute atomic E-state index is 0.0975. The fourth-order valence-electron chi connectivity index (χ4n) is 2.13. The van der Waals surface area contributed by atoms with Crippen LogP contribution < -0.4 is 5.73 Å². The average Bonchev–Trinajstić information content (AvgIpc) is 2.65. The molecule has 19 heavy (non-hydrogen) atoms. The van der Waals surface area contributed by atoms with Crippen molar-refractivity contribution in [3.8, 4) is 0 Å². The molecule has 0 amide bonds. The highest BCUT2D eigenvalue weighted by molar-refractivity contribution is 5.27. The standard InChI is InChI=1S/C12H20F3N3O/c1-3-10-9(5-6-16)11(4-2)18(17-10)7-8-19-12(13,14)15/h3-8,16H2,1-2H3. The van der Waals surface area contributed by atoms with Crippen LogP contribution in [0.3, 0.4) is 0 Å². The lowest BCUT2D eigenvalue weighted by Gasteiger charge is -2.10. The number of nitrogens with two attached hydrogens (primary N) is 1. The Morgan fingerprint density at radius 2 is 1.95 bits per heavy atom. The van der Waals surface area contributed by atoms with E-state index in [1.807, 2.05) is 13.8 Å². The highest BCUT2D eigenvalue weighted by atomic mass is 19.4. The van der Waals surface area contributed by atoms with Crippen LogP contribution in [0.1, 0.15) is 30.8 Å². The van der Waals surface area contributed by atoms with E-state index in [-0.39, 0.29) is 6.54 Å². The summed E-state index contributed by atoms with van der Waals surface area (Å²) in [4.78, 5) is 0. The molecule has 1 aromatic rings. The summed E-state index contributed by atoms with van der Waals surface area (Å²) in [5.74, 6) is 0. The molecule has 0 spiro atoms. The average molecular weight is 279 g/mol. The van der Waals surface area contributed by atoms with Crippen molar-refractivity contribution < 1.29 is 17.9 Å². The first-order valence-corrected chi connectivity index (χ1v) is 6.41. The van der Waals surface area contributed by atoms with Crippen LogP contribution in [0.4, 0.5) is 13.2 Å². The Balaban J connectivity index is 2.82. The number of aromatic nitrogens is 2. The van der Waals surface area contributed by atoms with Crippen molar-refractivity contribution in [3.63, 3.8) is 0 Å². The van der Waals surface area contributed by atoms with E-state index >= 15 is 0 Å². The fourth-order valence-corrected chi connectivity index (χ4v) is 2.13. The third-order valence-corrected chi connectivity index (χ3v) is 2.88. The topological polar surface area (TPSA) is 53.1 Å². The Morgan fingerprint density at radius 3 is 2.42 bits per heavy atom. The Morgan fingerprint density at radius 1 is 1.26 bits per heavy atom. The molecule has 0 fully saturated rings. The monoisotopic (exact) mass is 279 g/mol. The lowest BCUT2D eigenvalue weighted by molar-refractivity contribution is -0.325. The van der Waals surface area contributed by atoms with Crippen LogP contribution in [0.25, 0.3) is 0 Å². The van der Waals surface area contributed by atoms with Gasteiger partial charge in [0, 0.05) is 5.69 Å². The van der Waals surface area contributed by atoms with Crippen LogP contribution in [0.5, 0.6) is 0 Å². The second-order valence-corrected chi connectivity index (χ2v) is 4.14. The summed E-state index contributed by atoms with van der Waals surface area (Å²) in [6.07, 6.45) is -2.43. The first kappa shape index (κ1) is 16.0. The predicted molar refractivity (Wildman–Crippen MR) is 65.7 cm³/mol. The van der Waals surface area contributed by atoms with E-state index in [9.17, 15) is 13.2 Å². The zero-order valence-corrected chi connectivity index (χ0v) is 11.3. The number of halogens is 3. The second kappa shape index (κ2) is 6.91. The maximum atomic E-state index is 11.9. The first-order valence-electron chi connectivity index (χ1n) is 6.41. The smallest absolute Gasteiger partial charge is 0.330 e. The van der Waals surface area contributed by atoms with Crippen LogP contribution in [-0.4, -0.2) is 29.3 Å². The van der Waals surface area contributed by atoms with Crippen molar-refractivity contribution >= 4 is 0 Å². The van der Waals surface area contributed by atoms with E-state index in [0.29, 0.717) is 19.4 Å². The van der Waals surface area contributed by atoms with Crippen molar-refractivity contribution in [1.82, 2.24) is 9.78 Å². The second-order valence-electron chi connectivity index (χ2n) is 4.14. The number of nitrogens with zero attached hydrogens (tertiary/aromatic N) is 2. The zero-order valence-electron chi connectivity index (χ0n) is 11.3. The van der Waals surface area contributed by atoms with Gasteiger partial charge in [0.25, 0.3) is 0 Å². The van der Waals surface area contributed by atoms with E-state index in [0.717, 1.165) is 23.4 Å². The van der Waals surface area contributed by atoms with Gasteiger partial charge in [0.05, 0.1) is 18.8 Å². The normalized spacial score (nSPS) is 12.1. The summed E-state index contributed by atoms with van der Waals surface area (Å²) in [7, 11) is 0. The summed E-state index contributed by atoms with van der Waals surface area (Å²) in [5, 5.41) is 4.35. The summed E-state index contributed by atoms with van der Waals surface area (Å²) < 4.78 is 41.2. The van der Waals surface area contributed by atoms with Crippen molar-refractivity contribution in [2.24, 2.45) is 5.73 Å². The number of hydrogen-bond donors (Lipinski definition) is 1. The van der Waals surface area contributed by atoms with Crippen LogP contribution in [-0.2, 0) is 30.5 Å². The van der Waals surface area contributed by atoms with Crippen molar-refractivity contribution in [3.05, 3.63) is 17.0 Å². The van der Waals surface area contributed by atoms with E-state index in [2.05, 4.69) is 9.84 Å². The Bertz CT molecular complexity index is 402. The van der Waals surface area contributed by atoms with Crippen molar-refractivity contribution in [2.75, 3.05) is 13.2 Å². The molecule has 2 N–H and O–H groups in total. The molecule has 7 heteroatoms. The third kappa shape index (κ3) is 4.50. The zero-order chi connectivity index (χ0) is 14.5. The highest BCUT2D eigenvalue weighted by Gasteiger charge is 2.29. The molecule has 0 radical (unpaired) electrons. The van der Waals surface area contributed by atoms with Crippen LogP contribution in [0.15, 0.2) is 0 Å². The third-order valence-electron chi connectivity index (χ3n) is 2.88. The van der Waals surface area contributed by atoms with Crippen LogP contribution in [0.2, 0.25) is 0 Å². The molecule has 0 aliphatic heterocycles. The summed E-state index contributed by atoms with van der Waals surface area (Å²) >= 11 is 0. The molecule has 1 rings (SSSR count). The summed E-state index contributed by atoms with van der Waals surface area (Å²) in [6, 6.07) is 0. The molecular formula is C12H20F3N3O. The van der Waals surface area contributed by atoms with Gasteiger partial charge in [-0.3, -0.25) is 9.42 Å². The lowest BCUT2D eigenvalue weighted by Crippen LogP contribution is -2.19. The number of ether oxygens (including phenoxy) is 1. The van der Waals surface area contributed by atoms with E-state index < -0.39 is 13.0 Å². The Hall–Kier alpha value is -1.08. The molecule has 0 saturated heterocycles. The number of hydrogen-bond acceptors (Lipinski definition) is 3. The molecule has 1 aromatic heterocycles. The molecule has 0 bridgehead atoms. The molecule has 0 aliphatic rings. The van der Waals surface area contributed by atoms with E-state index in [1.165, 1.54) is 0 Å². The predicted octanol–water partition coefficient (Wildman–Crippen LogP) is 2.05. The van der Waals surface area contributed by atoms with Gasteiger partial charge in [-0.2, -0.15) is 5.10 Å². The molecule has 0 aliphatic carbocycles. The van der Waals surface area contributed by atoms with Gasteiger partial charge < -0.3 is 5.73 Å². The summed E-state index contributed by atoms with van der Waals surface area (Å²) in [5.41, 5.74) is 8.50. The van der Waals surface area contributed by atoms with Gasteiger partial charge in [-0.05, 0) is 31.4 Å². The van der Waals surface area contributed by atoms with Gasteiger partial charge in [0.2, 0.25) is 0 Å². The Labute approximate surface area is 110 Å². The fraction of sp³-hybridized carbons (Fsp3) is 0.750. The minimum atomic E-state index is -4.59. The lowest BCUT2D eigenvalue weighted by atomic mass is 10.1. The van der Waals surface area contributed by atoms with Crippen LogP contribution >= 0.6 is 0 Å². The SMILES string of the molecule is CCc1nn(CCOC(F)(F)F)c(CC)c1CCN. The molecule has 0 saturated carbocycles. The van der Waals surface area contributed by atoms with Gasteiger partial charge in [0.15, 0.2) is 0 Å². The molecule has 1 heterocycles. The summed E-state index contributed by atoms with van der Waals surface area (Å²) in [6.45, 7) is 4.10. The number of alkyl halides is 3. The maximum absolute atomic E-state index is 11.9. The molecule has 4 nitrogen and oxygen atoms in total. The Kier molecular flexibility index (Phi) is 5.81. The van der Waals surface area contributed by atoms with Gasteiger partial charge in [-0.15, -0.1) is 13.2 Å². The first-order chi connectivity index (χ1) is 8.92. The highest BCUT2D eigenvalue weighted by Crippen LogP contribution is 2.19. The minimum Gasteiger partial charge on any atom is -0.330 e. The van der Waals surface area contributed by atoms with E-state index in [4.69, 9.17) is 5.73 Å². The number of rotatable bonds is 7. The molecule has 0 unspecified atom stereocenters. The molecule has 0 atom stereocenters. The molecule has 110 valence electrons. The van der Waals surface area contributed by atoms with Gasteiger partial charge >= 0.3 is 6.36 Å². The van der Waals surface area contributed by atoms with Gasteiger partial charge in [-0.25, -0.2) is 0 Å².